The number of aryl methyl sites for hydroxylation is 2. The van der Waals surface area contributed by atoms with Crippen LogP contribution in [0.1, 0.15) is 24.8 Å². The highest BCUT2D eigenvalue weighted by atomic mass is 16.4. The molecular weight excluding hydrogens is 266 g/mol. The van der Waals surface area contributed by atoms with E-state index in [0.29, 0.717) is 11.9 Å². The molecule has 0 bridgehead atoms. The first kappa shape index (κ1) is 13.9. The van der Waals surface area contributed by atoms with Crippen molar-refractivity contribution in [1.29, 1.82) is 0 Å². The van der Waals surface area contributed by atoms with Crippen molar-refractivity contribution < 1.29 is 4.42 Å². The predicted molar refractivity (Wildman–Crippen MR) is 81.7 cm³/mol. The van der Waals surface area contributed by atoms with Gasteiger partial charge in [-0.15, -0.1) is 5.10 Å². The summed E-state index contributed by atoms with van der Waals surface area (Å²) in [6.45, 7) is 7.97. The van der Waals surface area contributed by atoms with Crippen molar-refractivity contribution in [2.75, 3.05) is 36.0 Å². The molecular formula is C15H21N5O. The van der Waals surface area contributed by atoms with Gasteiger partial charge in [0, 0.05) is 50.7 Å². The van der Waals surface area contributed by atoms with Crippen LogP contribution in [0.3, 0.4) is 0 Å². The fourth-order valence-electron chi connectivity index (χ4n) is 2.69. The summed E-state index contributed by atoms with van der Waals surface area (Å²) in [5.41, 5.74) is 2.49. The zero-order valence-electron chi connectivity index (χ0n) is 12.6. The molecule has 3 rings (SSSR count). The summed E-state index contributed by atoms with van der Waals surface area (Å²) in [7, 11) is 0. The SMILES string of the molecule is CCc1nnc(N2CCCN(c3ccncc3C)CC2)o1. The first-order chi connectivity index (χ1) is 10.3. The maximum atomic E-state index is 5.67. The summed E-state index contributed by atoms with van der Waals surface area (Å²) < 4.78 is 5.67. The fraction of sp³-hybridized carbons (Fsp3) is 0.533. The van der Waals surface area contributed by atoms with Crippen molar-refractivity contribution in [3.63, 3.8) is 0 Å². The lowest BCUT2D eigenvalue weighted by Crippen LogP contribution is -2.31. The largest absolute Gasteiger partial charge is 0.408 e. The van der Waals surface area contributed by atoms with Crippen molar-refractivity contribution in [3.8, 4) is 0 Å². The second kappa shape index (κ2) is 6.11. The Kier molecular flexibility index (Phi) is 4.03. The topological polar surface area (TPSA) is 58.3 Å². The van der Waals surface area contributed by atoms with Crippen LogP contribution in [0, 0.1) is 6.92 Å². The minimum absolute atomic E-state index is 0.653. The zero-order chi connectivity index (χ0) is 14.7. The van der Waals surface area contributed by atoms with E-state index in [2.05, 4.69) is 38.0 Å². The minimum atomic E-state index is 0.653. The Hall–Kier alpha value is -2.11. The molecule has 0 unspecified atom stereocenters. The molecule has 2 aromatic heterocycles. The van der Waals surface area contributed by atoms with Gasteiger partial charge in [-0.05, 0) is 25.0 Å². The van der Waals surface area contributed by atoms with Crippen LogP contribution < -0.4 is 9.80 Å². The van der Waals surface area contributed by atoms with Crippen LogP contribution in [0.15, 0.2) is 22.9 Å². The summed E-state index contributed by atoms with van der Waals surface area (Å²) in [6.07, 6.45) is 5.63. The van der Waals surface area contributed by atoms with Gasteiger partial charge in [-0.3, -0.25) is 4.98 Å². The average Bonchev–Trinajstić information content (AvgIpc) is 2.85. The molecule has 1 fully saturated rings. The highest BCUT2D eigenvalue weighted by Gasteiger charge is 2.20. The smallest absolute Gasteiger partial charge is 0.318 e. The maximum absolute atomic E-state index is 5.67. The van der Waals surface area contributed by atoms with Crippen LogP contribution in [-0.2, 0) is 6.42 Å². The molecule has 0 saturated carbocycles. The van der Waals surface area contributed by atoms with E-state index in [-0.39, 0.29) is 0 Å². The highest BCUT2D eigenvalue weighted by Crippen LogP contribution is 2.21. The third kappa shape index (κ3) is 2.99. The number of pyridine rings is 1. The minimum Gasteiger partial charge on any atom is -0.408 e. The Balaban J connectivity index is 1.71. The van der Waals surface area contributed by atoms with Gasteiger partial charge >= 0.3 is 6.01 Å². The third-order valence-corrected chi connectivity index (χ3v) is 3.86. The van der Waals surface area contributed by atoms with Crippen LogP contribution >= 0.6 is 0 Å². The van der Waals surface area contributed by atoms with Gasteiger partial charge in [-0.2, -0.15) is 0 Å². The van der Waals surface area contributed by atoms with Gasteiger partial charge in [-0.25, -0.2) is 0 Å². The summed E-state index contributed by atoms with van der Waals surface area (Å²) in [6, 6.07) is 2.74. The first-order valence-electron chi connectivity index (χ1n) is 7.51. The molecule has 0 atom stereocenters. The van der Waals surface area contributed by atoms with Crippen molar-refractivity contribution >= 4 is 11.7 Å². The lowest BCUT2D eigenvalue weighted by molar-refractivity contribution is 0.489. The van der Waals surface area contributed by atoms with Gasteiger partial charge in [0.1, 0.15) is 0 Å². The van der Waals surface area contributed by atoms with E-state index >= 15 is 0 Å². The summed E-state index contributed by atoms with van der Waals surface area (Å²) >= 11 is 0. The van der Waals surface area contributed by atoms with Crippen LogP contribution in [0.5, 0.6) is 0 Å². The summed E-state index contributed by atoms with van der Waals surface area (Å²) in [4.78, 5) is 8.76. The number of nitrogens with zero attached hydrogens (tertiary/aromatic N) is 5. The van der Waals surface area contributed by atoms with Crippen molar-refractivity contribution in [1.82, 2.24) is 15.2 Å². The zero-order valence-corrected chi connectivity index (χ0v) is 12.6. The Morgan fingerprint density at radius 3 is 2.71 bits per heavy atom. The second-order valence-corrected chi connectivity index (χ2v) is 5.32. The number of rotatable bonds is 3. The van der Waals surface area contributed by atoms with Gasteiger partial charge in [0.05, 0.1) is 0 Å². The van der Waals surface area contributed by atoms with E-state index < -0.39 is 0 Å². The Labute approximate surface area is 124 Å². The van der Waals surface area contributed by atoms with Gasteiger partial charge in [0.25, 0.3) is 0 Å². The van der Waals surface area contributed by atoms with E-state index in [4.69, 9.17) is 4.42 Å². The van der Waals surface area contributed by atoms with Gasteiger partial charge in [0.2, 0.25) is 5.89 Å². The number of hydrogen-bond acceptors (Lipinski definition) is 6. The Morgan fingerprint density at radius 1 is 1.14 bits per heavy atom. The van der Waals surface area contributed by atoms with Crippen LogP contribution in [-0.4, -0.2) is 41.4 Å². The molecule has 1 aliphatic rings. The van der Waals surface area contributed by atoms with E-state index in [0.717, 1.165) is 39.0 Å². The molecule has 0 aliphatic carbocycles. The monoisotopic (exact) mass is 287 g/mol. The molecule has 0 spiro atoms. The standard InChI is InChI=1S/C15H21N5O/c1-3-14-17-18-15(21-14)20-8-4-7-19(9-10-20)13-5-6-16-11-12(13)2/h5-6,11H,3-4,7-10H2,1-2H3. The van der Waals surface area contributed by atoms with E-state index in [1.54, 1.807) is 0 Å². The quantitative estimate of drug-likeness (QED) is 0.861. The number of hydrogen-bond donors (Lipinski definition) is 0. The van der Waals surface area contributed by atoms with Crippen molar-refractivity contribution in [2.24, 2.45) is 0 Å². The summed E-state index contributed by atoms with van der Waals surface area (Å²) in [5, 5.41) is 8.20. The Bertz CT molecular complexity index is 597. The molecule has 112 valence electrons. The predicted octanol–water partition coefficient (Wildman–Crippen LogP) is 2.05. The molecule has 0 N–H and O–H groups in total. The van der Waals surface area contributed by atoms with Crippen molar-refractivity contribution in [3.05, 3.63) is 29.9 Å². The molecule has 0 radical (unpaired) electrons. The first-order valence-corrected chi connectivity index (χ1v) is 7.51. The molecule has 1 saturated heterocycles. The molecule has 0 aromatic carbocycles. The highest BCUT2D eigenvalue weighted by molar-refractivity contribution is 5.52. The molecule has 1 aliphatic heterocycles. The molecule has 6 heteroatoms. The lowest BCUT2D eigenvalue weighted by atomic mass is 10.2. The molecule has 0 amide bonds. The van der Waals surface area contributed by atoms with Gasteiger partial charge in [-0.1, -0.05) is 12.0 Å². The molecule has 21 heavy (non-hydrogen) atoms. The molecule has 6 nitrogen and oxygen atoms in total. The Morgan fingerprint density at radius 2 is 1.95 bits per heavy atom. The molecule has 2 aromatic rings. The van der Waals surface area contributed by atoms with Crippen LogP contribution in [0.25, 0.3) is 0 Å². The van der Waals surface area contributed by atoms with Gasteiger partial charge < -0.3 is 14.2 Å². The van der Waals surface area contributed by atoms with E-state index in [1.807, 2.05) is 19.3 Å². The maximum Gasteiger partial charge on any atom is 0.318 e. The van der Waals surface area contributed by atoms with Crippen molar-refractivity contribution in [2.45, 2.75) is 26.7 Å². The van der Waals surface area contributed by atoms with Gasteiger partial charge in [0.15, 0.2) is 0 Å². The van der Waals surface area contributed by atoms with Crippen LogP contribution in [0.4, 0.5) is 11.7 Å². The van der Waals surface area contributed by atoms with E-state index in [9.17, 15) is 0 Å². The lowest BCUT2D eigenvalue weighted by Gasteiger charge is -2.24. The number of aromatic nitrogens is 3. The fourth-order valence-corrected chi connectivity index (χ4v) is 2.69. The van der Waals surface area contributed by atoms with E-state index in [1.165, 1.54) is 11.3 Å². The molecule has 3 heterocycles. The van der Waals surface area contributed by atoms with Crippen LogP contribution in [0.2, 0.25) is 0 Å². The second-order valence-electron chi connectivity index (χ2n) is 5.32. The normalized spacial score (nSPS) is 16.1. The average molecular weight is 287 g/mol. The third-order valence-electron chi connectivity index (χ3n) is 3.86. The summed E-state index contributed by atoms with van der Waals surface area (Å²) in [5.74, 6) is 0.705. The number of anilines is 2.